The van der Waals surface area contributed by atoms with Gasteiger partial charge in [0.15, 0.2) is 5.78 Å². The number of benzene rings is 2. The Morgan fingerprint density at radius 3 is 2.45 bits per heavy atom. The SMILES string of the molecule is O=C(NCCCn1ccc2cccnc21)c1ccccc1C(=O)c1ccccc1. The van der Waals surface area contributed by atoms with E-state index in [1.165, 1.54) is 0 Å². The van der Waals surface area contributed by atoms with Crippen LogP contribution >= 0.6 is 0 Å². The highest BCUT2D eigenvalue weighted by Gasteiger charge is 2.17. The van der Waals surface area contributed by atoms with Gasteiger partial charge in [-0.3, -0.25) is 9.59 Å². The normalized spacial score (nSPS) is 10.8. The summed E-state index contributed by atoms with van der Waals surface area (Å²) in [4.78, 5) is 29.9. The molecule has 0 atom stereocenters. The van der Waals surface area contributed by atoms with Gasteiger partial charge in [0.25, 0.3) is 5.91 Å². The quantitative estimate of drug-likeness (QED) is 0.386. The fourth-order valence-corrected chi connectivity index (χ4v) is 3.37. The molecule has 0 fully saturated rings. The number of rotatable bonds is 7. The van der Waals surface area contributed by atoms with Crippen LogP contribution in [0.3, 0.4) is 0 Å². The zero-order valence-corrected chi connectivity index (χ0v) is 15.9. The number of ketones is 1. The van der Waals surface area contributed by atoms with Crippen molar-refractivity contribution in [3.05, 3.63) is 102 Å². The Bertz CT molecular complexity index is 1150. The highest BCUT2D eigenvalue weighted by atomic mass is 16.2. The molecule has 0 saturated carbocycles. The van der Waals surface area contributed by atoms with Crippen LogP contribution in [0.1, 0.15) is 32.7 Å². The van der Waals surface area contributed by atoms with Gasteiger partial charge in [-0.05, 0) is 30.7 Å². The Hall–Kier alpha value is -3.73. The lowest BCUT2D eigenvalue weighted by Crippen LogP contribution is -2.27. The summed E-state index contributed by atoms with van der Waals surface area (Å²) in [6, 6.07) is 21.9. The maximum Gasteiger partial charge on any atom is 0.252 e. The highest BCUT2D eigenvalue weighted by Crippen LogP contribution is 2.15. The van der Waals surface area contributed by atoms with Gasteiger partial charge in [-0.2, -0.15) is 0 Å². The van der Waals surface area contributed by atoms with Crippen LogP contribution in [0.4, 0.5) is 0 Å². The molecule has 29 heavy (non-hydrogen) atoms. The number of hydrogen-bond acceptors (Lipinski definition) is 3. The molecule has 0 spiro atoms. The van der Waals surface area contributed by atoms with E-state index in [1.54, 1.807) is 42.6 Å². The lowest BCUT2D eigenvalue weighted by Gasteiger charge is -2.10. The molecule has 0 aliphatic heterocycles. The number of fused-ring (bicyclic) bond motifs is 1. The first-order chi connectivity index (χ1) is 14.2. The topological polar surface area (TPSA) is 64.0 Å². The Labute approximate surface area is 169 Å². The molecule has 0 aliphatic carbocycles. The lowest BCUT2D eigenvalue weighted by atomic mass is 9.98. The maximum atomic E-state index is 12.8. The van der Waals surface area contributed by atoms with E-state index in [4.69, 9.17) is 0 Å². The Morgan fingerprint density at radius 1 is 0.862 bits per heavy atom. The third-order valence-corrected chi connectivity index (χ3v) is 4.84. The van der Waals surface area contributed by atoms with Crippen LogP contribution in [-0.2, 0) is 6.54 Å². The average molecular weight is 383 g/mol. The van der Waals surface area contributed by atoms with Crippen molar-refractivity contribution in [1.29, 1.82) is 0 Å². The van der Waals surface area contributed by atoms with Crippen LogP contribution < -0.4 is 5.32 Å². The van der Waals surface area contributed by atoms with Crippen LogP contribution in [0.2, 0.25) is 0 Å². The molecule has 0 bridgehead atoms. The molecule has 1 N–H and O–H groups in total. The fraction of sp³-hybridized carbons (Fsp3) is 0.125. The van der Waals surface area contributed by atoms with Crippen molar-refractivity contribution in [3.63, 3.8) is 0 Å². The van der Waals surface area contributed by atoms with Crippen molar-refractivity contribution < 1.29 is 9.59 Å². The summed E-state index contributed by atoms with van der Waals surface area (Å²) < 4.78 is 2.08. The van der Waals surface area contributed by atoms with Crippen LogP contribution in [0.5, 0.6) is 0 Å². The Kier molecular flexibility index (Phi) is 5.47. The molecule has 2 aromatic carbocycles. The van der Waals surface area contributed by atoms with Gasteiger partial charge in [0.2, 0.25) is 0 Å². The fourth-order valence-electron chi connectivity index (χ4n) is 3.37. The first-order valence-electron chi connectivity index (χ1n) is 9.61. The van der Waals surface area contributed by atoms with E-state index in [9.17, 15) is 9.59 Å². The summed E-state index contributed by atoms with van der Waals surface area (Å²) in [7, 11) is 0. The molecule has 0 unspecified atom stereocenters. The Balaban J connectivity index is 1.40. The summed E-state index contributed by atoms with van der Waals surface area (Å²) >= 11 is 0. The van der Waals surface area contributed by atoms with Gasteiger partial charge in [-0.15, -0.1) is 0 Å². The molecule has 144 valence electrons. The van der Waals surface area contributed by atoms with E-state index in [-0.39, 0.29) is 11.7 Å². The molecular weight excluding hydrogens is 362 g/mol. The number of aryl methyl sites for hydroxylation is 1. The minimum absolute atomic E-state index is 0.152. The van der Waals surface area contributed by atoms with Gasteiger partial charge < -0.3 is 9.88 Å². The second-order valence-electron chi connectivity index (χ2n) is 6.78. The summed E-state index contributed by atoms with van der Waals surface area (Å²) in [5, 5.41) is 4.03. The molecule has 0 saturated heterocycles. The largest absolute Gasteiger partial charge is 0.352 e. The standard InChI is InChI=1S/C24H21N3O2/c28-22(18-8-2-1-3-9-18)20-11-4-5-12-21(20)24(29)26-15-7-16-27-17-13-19-10-6-14-25-23(19)27/h1-6,8-14,17H,7,15-16H2,(H,26,29). The van der Waals surface area contributed by atoms with Gasteiger partial charge in [0.1, 0.15) is 5.65 Å². The van der Waals surface area contributed by atoms with Crippen LogP contribution in [0, 0.1) is 0 Å². The van der Waals surface area contributed by atoms with Crippen molar-refractivity contribution in [2.75, 3.05) is 6.54 Å². The summed E-state index contributed by atoms with van der Waals surface area (Å²) in [5.74, 6) is -0.387. The number of carbonyl (C=O) groups is 2. The van der Waals surface area contributed by atoms with Crippen molar-refractivity contribution in [3.8, 4) is 0 Å². The molecule has 0 aliphatic rings. The summed E-state index contributed by atoms with van der Waals surface area (Å²) in [6.07, 6.45) is 4.55. The van der Waals surface area contributed by atoms with Crippen molar-refractivity contribution >= 4 is 22.7 Å². The molecule has 0 radical (unpaired) electrons. The second kappa shape index (κ2) is 8.52. The first-order valence-corrected chi connectivity index (χ1v) is 9.61. The molecule has 5 nitrogen and oxygen atoms in total. The molecule has 2 aromatic heterocycles. The monoisotopic (exact) mass is 383 g/mol. The van der Waals surface area contributed by atoms with E-state index < -0.39 is 0 Å². The summed E-state index contributed by atoms with van der Waals surface area (Å²) in [5.41, 5.74) is 2.32. The van der Waals surface area contributed by atoms with Crippen molar-refractivity contribution in [2.24, 2.45) is 0 Å². The number of nitrogens with zero attached hydrogens (tertiary/aromatic N) is 2. The van der Waals surface area contributed by atoms with Gasteiger partial charge in [0.05, 0.1) is 5.56 Å². The number of carbonyl (C=O) groups excluding carboxylic acids is 2. The smallest absolute Gasteiger partial charge is 0.252 e. The number of aromatic nitrogens is 2. The maximum absolute atomic E-state index is 12.8. The third kappa shape index (κ3) is 4.09. The van der Waals surface area contributed by atoms with E-state index in [1.807, 2.05) is 42.6 Å². The second-order valence-corrected chi connectivity index (χ2v) is 6.78. The van der Waals surface area contributed by atoms with E-state index >= 15 is 0 Å². The minimum Gasteiger partial charge on any atom is -0.352 e. The Morgan fingerprint density at radius 2 is 1.62 bits per heavy atom. The van der Waals surface area contributed by atoms with E-state index in [0.717, 1.165) is 24.0 Å². The predicted octanol–water partition coefficient (Wildman–Crippen LogP) is 4.09. The number of amides is 1. The molecule has 4 aromatic rings. The third-order valence-electron chi connectivity index (χ3n) is 4.84. The van der Waals surface area contributed by atoms with Gasteiger partial charge >= 0.3 is 0 Å². The van der Waals surface area contributed by atoms with Crippen LogP contribution in [-0.4, -0.2) is 27.8 Å². The number of hydrogen-bond donors (Lipinski definition) is 1. The molecule has 4 rings (SSSR count). The molecular formula is C24H21N3O2. The zero-order valence-electron chi connectivity index (χ0n) is 15.9. The van der Waals surface area contributed by atoms with Gasteiger partial charge in [-0.1, -0.05) is 48.5 Å². The average Bonchev–Trinajstić information content (AvgIpc) is 3.20. The van der Waals surface area contributed by atoms with E-state index in [2.05, 4.69) is 14.9 Å². The lowest BCUT2D eigenvalue weighted by molar-refractivity contribution is 0.0941. The van der Waals surface area contributed by atoms with Gasteiger partial charge in [0, 0.05) is 42.0 Å². The van der Waals surface area contributed by atoms with Crippen molar-refractivity contribution in [2.45, 2.75) is 13.0 Å². The highest BCUT2D eigenvalue weighted by molar-refractivity contribution is 6.15. The molecule has 2 heterocycles. The molecule has 5 heteroatoms. The zero-order chi connectivity index (χ0) is 20.1. The van der Waals surface area contributed by atoms with Crippen molar-refractivity contribution in [1.82, 2.24) is 14.9 Å². The predicted molar refractivity (Wildman–Crippen MR) is 113 cm³/mol. The number of nitrogens with one attached hydrogen (secondary N) is 1. The van der Waals surface area contributed by atoms with Crippen LogP contribution in [0.15, 0.2) is 85.2 Å². The number of pyridine rings is 1. The van der Waals surface area contributed by atoms with Gasteiger partial charge in [-0.25, -0.2) is 4.98 Å². The first kappa shape index (κ1) is 18.6. The molecule has 1 amide bonds. The summed E-state index contributed by atoms with van der Waals surface area (Å²) in [6.45, 7) is 1.27. The van der Waals surface area contributed by atoms with Crippen LogP contribution in [0.25, 0.3) is 11.0 Å². The minimum atomic E-state index is -0.236. The van der Waals surface area contributed by atoms with E-state index in [0.29, 0.717) is 23.2 Å².